The molecule has 0 aliphatic carbocycles. The number of pyridine rings is 1. The third kappa shape index (κ3) is 1.51. The van der Waals surface area contributed by atoms with Crippen molar-refractivity contribution in [3.63, 3.8) is 0 Å². The van der Waals surface area contributed by atoms with Crippen LogP contribution in [0.3, 0.4) is 0 Å². The van der Waals surface area contributed by atoms with E-state index >= 15 is 0 Å². The SMILES string of the molecule is Cc1cccc2c1c(-c1ccncc1)nn2C. The molecule has 84 valence electrons. The maximum Gasteiger partial charge on any atom is 0.101 e. The monoisotopic (exact) mass is 223 g/mol. The first kappa shape index (κ1) is 10.0. The number of nitrogens with zero attached hydrogens (tertiary/aromatic N) is 3. The molecule has 0 saturated carbocycles. The van der Waals surface area contributed by atoms with Gasteiger partial charge >= 0.3 is 0 Å². The number of rotatable bonds is 1. The predicted molar refractivity (Wildman–Crippen MR) is 68.7 cm³/mol. The zero-order chi connectivity index (χ0) is 11.8. The van der Waals surface area contributed by atoms with Gasteiger partial charge in [-0.1, -0.05) is 12.1 Å². The fourth-order valence-corrected chi connectivity index (χ4v) is 2.20. The number of fused-ring (bicyclic) bond motifs is 1. The van der Waals surface area contributed by atoms with Gasteiger partial charge in [0.05, 0.1) is 5.52 Å². The Bertz CT molecular complexity index is 669. The van der Waals surface area contributed by atoms with Gasteiger partial charge in [-0.05, 0) is 30.7 Å². The lowest BCUT2D eigenvalue weighted by atomic mass is 10.1. The van der Waals surface area contributed by atoms with Gasteiger partial charge in [-0.25, -0.2) is 0 Å². The van der Waals surface area contributed by atoms with Crippen LogP contribution in [0.15, 0.2) is 42.7 Å². The molecule has 0 bridgehead atoms. The van der Waals surface area contributed by atoms with Crippen LogP contribution in [0.25, 0.3) is 22.2 Å². The van der Waals surface area contributed by atoms with Gasteiger partial charge in [0.15, 0.2) is 0 Å². The van der Waals surface area contributed by atoms with Crippen LogP contribution in [0.5, 0.6) is 0 Å². The smallest absolute Gasteiger partial charge is 0.101 e. The van der Waals surface area contributed by atoms with E-state index in [0.717, 1.165) is 16.8 Å². The van der Waals surface area contributed by atoms with Crippen molar-refractivity contribution in [1.29, 1.82) is 0 Å². The standard InChI is InChI=1S/C14H13N3/c1-10-4-3-5-12-13(10)14(16-17(12)2)11-6-8-15-9-7-11/h3-9H,1-2H3. The highest BCUT2D eigenvalue weighted by Gasteiger charge is 2.11. The molecule has 0 N–H and O–H groups in total. The van der Waals surface area contributed by atoms with Crippen molar-refractivity contribution in [2.24, 2.45) is 7.05 Å². The number of benzene rings is 1. The highest BCUT2D eigenvalue weighted by molar-refractivity contribution is 5.95. The molecule has 0 aliphatic heterocycles. The largest absolute Gasteiger partial charge is 0.267 e. The normalized spacial score (nSPS) is 10.9. The van der Waals surface area contributed by atoms with E-state index in [-0.39, 0.29) is 0 Å². The molecule has 2 heterocycles. The van der Waals surface area contributed by atoms with Crippen molar-refractivity contribution in [1.82, 2.24) is 14.8 Å². The fourth-order valence-electron chi connectivity index (χ4n) is 2.20. The van der Waals surface area contributed by atoms with Gasteiger partial charge < -0.3 is 0 Å². The van der Waals surface area contributed by atoms with Crippen LogP contribution in [-0.2, 0) is 7.05 Å². The van der Waals surface area contributed by atoms with Gasteiger partial charge in [-0.15, -0.1) is 0 Å². The van der Waals surface area contributed by atoms with E-state index in [1.165, 1.54) is 10.9 Å². The molecule has 0 atom stereocenters. The third-order valence-corrected chi connectivity index (χ3v) is 3.04. The molecular formula is C14H13N3. The van der Waals surface area contributed by atoms with Crippen molar-refractivity contribution >= 4 is 10.9 Å². The Balaban J connectivity index is 2.38. The van der Waals surface area contributed by atoms with Gasteiger partial charge in [-0.2, -0.15) is 5.10 Å². The molecule has 3 rings (SSSR count). The lowest BCUT2D eigenvalue weighted by Crippen LogP contribution is -1.89. The number of hydrogen-bond donors (Lipinski definition) is 0. The van der Waals surface area contributed by atoms with Crippen LogP contribution in [0.4, 0.5) is 0 Å². The average molecular weight is 223 g/mol. The Kier molecular flexibility index (Phi) is 2.18. The summed E-state index contributed by atoms with van der Waals surface area (Å²) < 4.78 is 1.93. The van der Waals surface area contributed by atoms with E-state index in [2.05, 4.69) is 35.2 Å². The van der Waals surface area contributed by atoms with Gasteiger partial charge in [0, 0.05) is 30.4 Å². The van der Waals surface area contributed by atoms with Gasteiger partial charge in [-0.3, -0.25) is 9.67 Å². The maximum absolute atomic E-state index is 4.61. The molecule has 0 saturated heterocycles. The molecule has 0 unspecified atom stereocenters. The molecular weight excluding hydrogens is 210 g/mol. The van der Waals surface area contributed by atoms with E-state index in [1.54, 1.807) is 12.4 Å². The lowest BCUT2D eigenvalue weighted by molar-refractivity contribution is 0.800. The molecule has 3 heteroatoms. The number of hydrogen-bond acceptors (Lipinski definition) is 2. The van der Waals surface area contributed by atoms with Crippen molar-refractivity contribution in [2.75, 3.05) is 0 Å². The van der Waals surface area contributed by atoms with E-state index < -0.39 is 0 Å². The second kappa shape index (κ2) is 3.70. The van der Waals surface area contributed by atoms with Crippen LogP contribution in [0, 0.1) is 6.92 Å². The third-order valence-electron chi connectivity index (χ3n) is 3.04. The molecule has 17 heavy (non-hydrogen) atoms. The van der Waals surface area contributed by atoms with Crippen molar-refractivity contribution in [3.8, 4) is 11.3 Å². The Labute approximate surface area is 99.7 Å². The quantitative estimate of drug-likeness (QED) is 0.635. The summed E-state index contributed by atoms with van der Waals surface area (Å²) in [5.74, 6) is 0. The second-order valence-corrected chi connectivity index (χ2v) is 4.18. The molecule has 0 fully saturated rings. The first-order chi connectivity index (χ1) is 8.27. The highest BCUT2D eigenvalue weighted by Crippen LogP contribution is 2.29. The summed E-state index contributed by atoms with van der Waals surface area (Å²) in [4.78, 5) is 4.05. The van der Waals surface area contributed by atoms with Crippen LogP contribution in [0.2, 0.25) is 0 Å². The lowest BCUT2D eigenvalue weighted by Gasteiger charge is -1.99. The minimum absolute atomic E-state index is 1.03. The summed E-state index contributed by atoms with van der Waals surface area (Å²) in [6.45, 7) is 2.12. The molecule has 0 spiro atoms. The van der Waals surface area contributed by atoms with Crippen molar-refractivity contribution in [2.45, 2.75) is 6.92 Å². The van der Waals surface area contributed by atoms with Gasteiger partial charge in [0.1, 0.15) is 5.69 Å². The minimum Gasteiger partial charge on any atom is -0.267 e. The van der Waals surface area contributed by atoms with Crippen molar-refractivity contribution in [3.05, 3.63) is 48.3 Å². The first-order valence-electron chi connectivity index (χ1n) is 5.60. The molecule has 2 aromatic heterocycles. The Morgan fingerprint density at radius 3 is 2.59 bits per heavy atom. The average Bonchev–Trinajstić information content (AvgIpc) is 2.70. The molecule has 1 aromatic carbocycles. The van der Waals surface area contributed by atoms with Crippen LogP contribution >= 0.6 is 0 Å². The topological polar surface area (TPSA) is 30.7 Å². The molecule has 3 nitrogen and oxygen atoms in total. The van der Waals surface area contributed by atoms with Crippen LogP contribution in [0.1, 0.15) is 5.56 Å². The summed E-state index contributed by atoms with van der Waals surface area (Å²) in [5.41, 5.74) is 4.56. The van der Waals surface area contributed by atoms with E-state index in [4.69, 9.17) is 0 Å². The fraction of sp³-hybridized carbons (Fsp3) is 0.143. The maximum atomic E-state index is 4.61. The highest BCUT2D eigenvalue weighted by atomic mass is 15.3. The molecule has 3 aromatic rings. The number of aryl methyl sites for hydroxylation is 2. The summed E-state index contributed by atoms with van der Waals surface area (Å²) >= 11 is 0. The van der Waals surface area contributed by atoms with E-state index in [0.29, 0.717) is 0 Å². The Morgan fingerprint density at radius 1 is 1.06 bits per heavy atom. The summed E-state index contributed by atoms with van der Waals surface area (Å²) in [5, 5.41) is 5.83. The zero-order valence-electron chi connectivity index (χ0n) is 9.88. The van der Waals surface area contributed by atoms with E-state index in [9.17, 15) is 0 Å². The summed E-state index contributed by atoms with van der Waals surface area (Å²) in [7, 11) is 1.98. The molecule has 0 radical (unpaired) electrons. The molecule has 0 amide bonds. The minimum atomic E-state index is 1.03. The van der Waals surface area contributed by atoms with Crippen molar-refractivity contribution < 1.29 is 0 Å². The predicted octanol–water partition coefficient (Wildman–Crippen LogP) is 2.94. The second-order valence-electron chi connectivity index (χ2n) is 4.18. The van der Waals surface area contributed by atoms with Gasteiger partial charge in [0.25, 0.3) is 0 Å². The van der Waals surface area contributed by atoms with Crippen LogP contribution in [-0.4, -0.2) is 14.8 Å². The number of aromatic nitrogens is 3. The Morgan fingerprint density at radius 2 is 1.82 bits per heavy atom. The summed E-state index contributed by atoms with van der Waals surface area (Å²) in [6, 6.07) is 10.3. The molecule has 0 aliphatic rings. The zero-order valence-corrected chi connectivity index (χ0v) is 9.88. The first-order valence-corrected chi connectivity index (χ1v) is 5.60. The van der Waals surface area contributed by atoms with E-state index in [1.807, 2.05) is 23.9 Å². The van der Waals surface area contributed by atoms with Gasteiger partial charge in [0.2, 0.25) is 0 Å². The van der Waals surface area contributed by atoms with Crippen LogP contribution < -0.4 is 0 Å². The Hall–Kier alpha value is -2.16. The summed E-state index contributed by atoms with van der Waals surface area (Å²) in [6.07, 6.45) is 3.60.